The second-order valence-electron chi connectivity index (χ2n) is 16.8. The van der Waals surface area contributed by atoms with Crippen molar-refractivity contribution in [3.05, 3.63) is 0 Å². The first kappa shape index (κ1) is 44.2. The summed E-state index contributed by atoms with van der Waals surface area (Å²) in [7, 11) is 0. The highest BCUT2D eigenvalue weighted by atomic mass is 16.6. The molecule has 0 unspecified atom stereocenters. The summed E-state index contributed by atoms with van der Waals surface area (Å²) in [5, 5.41) is 5.25. The van der Waals surface area contributed by atoms with Gasteiger partial charge in [-0.25, -0.2) is 9.59 Å². The molecule has 0 bridgehead atoms. The third-order valence-electron chi connectivity index (χ3n) is 10.6. The molecule has 55 heavy (non-hydrogen) atoms. The van der Waals surface area contributed by atoms with E-state index in [1.807, 2.05) is 27.7 Å². The van der Waals surface area contributed by atoms with Gasteiger partial charge < -0.3 is 43.8 Å². The second-order valence-corrected chi connectivity index (χ2v) is 16.8. The highest BCUT2D eigenvalue weighted by Crippen LogP contribution is 2.53. The highest BCUT2D eigenvalue weighted by molar-refractivity contribution is 5.72. The number of fused-ring (bicyclic) bond motifs is 2. The SMILES string of the molecule is CC(C)(COCCOC(=O)CCNC(=O)OC[C@@H]1[C@@H]2CCC#CCC[C@@H]21)COCC(C)(C)COCCOC(=O)CCNC(=O)OC[C@@H]1[C@@H]2CCC#CCC[C@@H]21. The van der Waals surface area contributed by atoms with E-state index in [9.17, 15) is 19.2 Å². The molecule has 4 rings (SSSR count). The summed E-state index contributed by atoms with van der Waals surface area (Å²) < 4.78 is 38.7. The number of hydrogen-bond acceptors (Lipinski definition) is 11. The maximum Gasteiger partial charge on any atom is 0.407 e. The molecule has 0 radical (unpaired) electrons. The molecule has 13 nitrogen and oxygen atoms in total. The number of nitrogens with one attached hydrogen (secondary N) is 2. The van der Waals surface area contributed by atoms with Crippen LogP contribution in [0.5, 0.6) is 0 Å². The zero-order chi connectivity index (χ0) is 39.5. The Morgan fingerprint density at radius 2 is 0.855 bits per heavy atom. The van der Waals surface area contributed by atoms with Gasteiger partial charge in [0.2, 0.25) is 0 Å². The summed E-state index contributed by atoms with van der Waals surface area (Å²) >= 11 is 0. The lowest BCUT2D eigenvalue weighted by atomic mass is 9.94. The largest absolute Gasteiger partial charge is 0.463 e. The van der Waals surface area contributed by atoms with E-state index >= 15 is 0 Å². The topological polar surface area (TPSA) is 157 Å². The van der Waals surface area contributed by atoms with Gasteiger partial charge in [-0.05, 0) is 61.2 Å². The normalized spacial score (nSPS) is 23.9. The molecule has 0 saturated heterocycles. The number of esters is 2. The van der Waals surface area contributed by atoms with E-state index in [0.29, 0.717) is 75.1 Å². The molecule has 0 aliphatic heterocycles. The predicted molar refractivity (Wildman–Crippen MR) is 203 cm³/mol. The third-order valence-corrected chi connectivity index (χ3v) is 10.6. The van der Waals surface area contributed by atoms with Crippen LogP contribution >= 0.6 is 0 Å². The average Bonchev–Trinajstić information content (AvgIpc) is 3.97. The van der Waals surface area contributed by atoms with Crippen molar-refractivity contribution in [1.82, 2.24) is 10.6 Å². The second kappa shape index (κ2) is 22.9. The Hall–Kier alpha value is -3.52. The van der Waals surface area contributed by atoms with Gasteiger partial charge in [-0.1, -0.05) is 27.7 Å². The molecule has 2 amide bonds. The minimum Gasteiger partial charge on any atom is -0.463 e. The lowest BCUT2D eigenvalue weighted by molar-refractivity contribution is -0.146. The first-order valence-corrected chi connectivity index (χ1v) is 20.2. The van der Waals surface area contributed by atoms with Crippen LogP contribution in [0.25, 0.3) is 0 Å². The number of alkyl carbamates (subject to hydrolysis) is 2. The molecule has 6 atom stereocenters. The molecule has 0 heterocycles. The Labute approximate surface area is 327 Å². The fourth-order valence-corrected chi connectivity index (χ4v) is 7.50. The molecule has 0 aromatic carbocycles. The third kappa shape index (κ3) is 17.4. The zero-order valence-electron chi connectivity index (χ0n) is 33.5. The minimum absolute atomic E-state index is 0.0561. The van der Waals surface area contributed by atoms with Gasteiger partial charge in [0, 0.05) is 49.6 Å². The maximum absolute atomic E-state index is 12.1. The summed E-state index contributed by atoms with van der Waals surface area (Å²) in [5.41, 5.74) is -0.528. The van der Waals surface area contributed by atoms with Crippen LogP contribution in [0.15, 0.2) is 0 Å². The van der Waals surface area contributed by atoms with Crippen molar-refractivity contribution in [2.45, 2.75) is 91.9 Å². The van der Waals surface area contributed by atoms with E-state index in [1.165, 1.54) is 0 Å². The Morgan fingerprint density at radius 3 is 1.22 bits per heavy atom. The van der Waals surface area contributed by atoms with Crippen LogP contribution in [0.3, 0.4) is 0 Å². The van der Waals surface area contributed by atoms with Gasteiger partial charge in [0.15, 0.2) is 0 Å². The molecular formula is C42H64N2O11. The van der Waals surface area contributed by atoms with E-state index in [4.69, 9.17) is 33.2 Å². The monoisotopic (exact) mass is 772 g/mol. The van der Waals surface area contributed by atoms with Gasteiger partial charge in [0.05, 0.1) is 65.7 Å². The van der Waals surface area contributed by atoms with Gasteiger partial charge in [-0.2, -0.15) is 0 Å². The smallest absolute Gasteiger partial charge is 0.407 e. The maximum atomic E-state index is 12.1. The van der Waals surface area contributed by atoms with Crippen LogP contribution < -0.4 is 10.6 Å². The summed E-state index contributed by atoms with van der Waals surface area (Å²) in [6.45, 7) is 11.8. The van der Waals surface area contributed by atoms with Crippen molar-refractivity contribution in [1.29, 1.82) is 0 Å². The molecule has 308 valence electrons. The first-order chi connectivity index (χ1) is 26.4. The lowest BCUT2D eigenvalue weighted by Crippen LogP contribution is -2.32. The van der Waals surface area contributed by atoms with Crippen LogP contribution in [0, 0.1) is 70.0 Å². The highest BCUT2D eigenvalue weighted by Gasteiger charge is 2.50. The van der Waals surface area contributed by atoms with Gasteiger partial charge in [0.25, 0.3) is 0 Å². The van der Waals surface area contributed by atoms with Crippen LogP contribution in [0.4, 0.5) is 9.59 Å². The van der Waals surface area contributed by atoms with Gasteiger partial charge in [-0.3, -0.25) is 9.59 Å². The Morgan fingerprint density at radius 1 is 0.509 bits per heavy atom. The van der Waals surface area contributed by atoms with Gasteiger partial charge in [0.1, 0.15) is 13.2 Å². The van der Waals surface area contributed by atoms with Gasteiger partial charge in [-0.15, -0.1) is 23.7 Å². The summed E-state index contributed by atoms with van der Waals surface area (Å²) in [4.78, 5) is 48.2. The van der Waals surface area contributed by atoms with E-state index in [0.717, 1.165) is 51.4 Å². The van der Waals surface area contributed by atoms with Crippen LogP contribution in [-0.4, -0.2) is 103 Å². The number of ether oxygens (including phenoxy) is 7. The van der Waals surface area contributed by atoms with E-state index in [-0.39, 0.29) is 63.2 Å². The number of rotatable bonds is 24. The van der Waals surface area contributed by atoms with E-state index < -0.39 is 24.1 Å². The molecule has 0 aromatic heterocycles. The average molecular weight is 773 g/mol. The number of amides is 2. The lowest BCUT2D eigenvalue weighted by Gasteiger charge is -2.29. The molecule has 13 heteroatoms. The minimum atomic E-state index is -0.504. The molecule has 0 spiro atoms. The fraction of sp³-hybridized carbons (Fsp3) is 0.810. The molecule has 0 aromatic rings. The molecule has 4 aliphatic carbocycles. The zero-order valence-corrected chi connectivity index (χ0v) is 33.5. The van der Waals surface area contributed by atoms with Crippen molar-refractivity contribution in [2.24, 2.45) is 46.3 Å². The number of carbonyl (C=O) groups is 4. The van der Waals surface area contributed by atoms with Crippen molar-refractivity contribution in [3.63, 3.8) is 0 Å². The predicted octanol–water partition coefficient (Wildman–Crippen LogP) is 5.29. The standard InChI is InChI=1S/C42H64N2O11/c1-41(2,27-49-21-23-52-37(45)17-19-43-39(47)54-25-35-31-13-9-5-6-10-14-32(31)35)29-51-30-42(3,4)28-50-22-24-53-38(46)18-20-44-40(48)55-26-36-33-15-11-7-8-12-16-34(33)36/h31-36H,9-30H2,1-4H3,(H,43,47)(H,44,48)/t31-,32+,33-,34+,35-,36-. The van der Waals surface area contributed by atoms with Crippen molar-refractivity contribution >= 4 is 24.1 Å². The summed E-state index contributed by atoms with van der Waals surface area (Å²) in [6.07, 6.45) is 7.11. The molecule has 4 aliphatic rings. The van der Waals surface area contributed by atoms with Crippen molar-refractivity contribution in [3.8, 4) is 23.7 Å². The number of carbonyl (C=O) groups excluding carboxylic acids is 4. The fourth-order valence-electron chi connectivity index (χ4n) is 7.50. The van der Waals surface area contributed by atoms with E-state index in [2.05, 4.69) is 34.3 Å². The van der Waals surface area contributed by atoms with Crippen LogP contribution in [-0.2, 0) is 42.7 Å². The Bertz CT molecular complexity index is 1240. The van der Waals surface area contributed by atoms with E-state index in [1.54, 1.807) is 0 Å². The van der Waals surface area contributed by atoms with Crippen molar-refractivity contribution < 1.29 is 52.3 Å². The molecule has 2 fully saturated rings. The van der Waals surface area contributed by atoms with Crippen LogP contribution in [0.2, 0.25) is 0 Å². The summed E-state index contributed by atoms with van der Waals surface area (Å²) in [6, 6.07) is 0. The molecular weight excluding hydrogens is 708 g/mol. The molecule has 2 N–H and O–H groups in total. The summed E-state index contributed by atoms with van der Waals surface area (Å²) in [5.74, 6) is 15.2. The quantitative estimate of drug-likeness (QED) is 0.0569. The van der Waals surface area contributed by atoms with Crippen LogP contribution in [0.1, 0.15) is 91.9 Å². The molecule has 2 saturated carbocycles. The Balaban J connectivity index is 0.906. The van der Waals surface area contributed by atoms with Crippen molar-refractivity contribution in [2.75, 3.05) is 79.2 Å². The van der Waals surface area contributed by atoms with Gasteiger partial charge >= 0.3 is 24.1 Å². The number of hydrogen-bond donors (Lipinski definition) is 2. The first-order valence-electron chi connectivity index (χ1n) is 20.2. The Kier molecular flexibility index (Phi) is 18.4.